The van der Waals surface area contributed by atoms with Gasteiger partial charge >= 0.3 is 0 Å². The summed E-state index contributed by atoms with van der Waals surface area (Å²) in [5.74, 6) is 4.92. The predicted octanol–water partition coefficient (Wildman–Crippen LogP) is 5.46. The summed E-state index contributed by atoms with van der Waals surface area (Å²) in [5, 5.41) is 5.18. The van der Waals surface area contributed by atoms with E-state index in [0.717, 1.165) is 132 Å². The fraction of sp³-hybridized carbons (Fsp3) is 0.449. The Balaban J connectivity index is 0.725. The molecular formula is C49H57N7O6. The van der Waals surface area contributed by atoms with Gasteiger partial charge in [-0.2, -0.15) is 0 Å². The number of nitrogens with one attached hydrogen (secondary N) is 2. The van der Waals surface area contributed by atoms with Gasteiger partial charge in [-0.05, 0) is 111 Å². The second-order valence-corrected chi connectivity index (χ2v) is 16.7. The van der Waals surface area contributed by atoms with E-state index in [9.17, 15) is 28.8 Å². The van der Waals surface area contributed by atoms with Gasteiger partial charge in [-0.1, -0.05) is 43.6 Å². The van der Waals surface area contributed by atoms with Crippen LogP contribution in [0, 0.1) is 17.8 Å². The quantitative estimate of drug-likeness (QED) is 0.0830. The third-order valence-corrected chi connectivity index (χ3v) is 12.4. The van der Waals surface area contributed by atoms with Crippen LogP contribution >= 0.6 is 0 Å². The van der Waals surface area contributed by atoms with Crippen molar-refractivity contribution in [3.05, 3.63) is 101 Å². The lowest BCUT2D eigenvalue weighted by Gasteiger charge is -2.36. The van der Waals surface area contributed by atoms with Crippen molar-refractivity contribution < 1.29 is 28.8 Å². The molecule has 324 valence electrons. The van der Waals surface area contributed by atoms with Crippen molar-refractivity contribution in [3.8, 4) is 11.8 Å². The third kappa shape index (κ3) is 11.6. The molecule has 0 bridgehead atoms. The summed E-state index contributed by atoms with van der Waals surface area (Å²) in [7, 11) is 0. The Morgan fingerprint density at radius 1 is 0.823 bits per heavy atom. The number of hydrogen-bond donors (Lipinski definition) is 2. The maximum Gasteiger partial charge on any atom is 0.262 e. The molecule has 0 radical (unpaired) electrons. The van der Waals surface area contributed by atoms with E-state index in [1.807, 2.05) is 29.2 Å². The number of unbranched alkanes of at least 4 members (excludes halogenated alkanes) is 5. The van der Waals surface area contributed by atoms with Crippen LogP contribution in [0.15, 0.2) is 73.1 Å². The van der Waals surface area contributed by atoms with Crippen LogP contribution in [0.1, 0.15) is 119 Å². The molecule has 3 aromatic rings. The van der Waals surface area contributed by atoms with E-state index >= 15 is 0 Å². The molecule has 7 rings (SSSR count). The first kappa shape index (κ1) is 43.9. The molecule has 0 saturated carbocycles. The minimum atomic E-state index is -0.979. The summed E-state index contributed by atoms with van der Waals surface area (Å²) in [4.78, 5) is 87.2. The predicted molar refractivity (Wildman–Crippen MR) is 237 cm³/mol. The maximum atomic E-state index is 13.3. The van der Waals surface area contributed by atoms with Crippen LogP contribution in [-0.2, 0) is 14.4 Å². The van der Waals surface area contributed by atoms with E-state index in [1.54, 1.807) is 42.7 Å². The van der Waals surface area contributed by atoms with Gasteiger partial charge < -0.3 is 15.1 Å². The first-order valence-electron chi connectivity index (χ1n) is 22.3. The number of imide groups is 2. The van der Waals surface area contributed by atoms with Crippen molar-refractivity contribution >= 4 is 47.2 Å². The fourth-order valence-corrected chi connectivity index (χ4v) is 8.74. The third-order valence-electron chi connectivity index (χ3n) is 12.4. The standard InChI is InChI=1S/C49H57N7O6/c57-44(21-14-38-12-9-25-50-35-38)51-26-7-6-10-36-23-28-55(29-24-36)47(60)39-15-17-40(18-16-39)54-32-30-53(31-33-54)27-8-4-2-1-3-5-11-37-13-19-41-42(34-37)49(62)56(48(41)61)43-20-22-45(58)52-46(43)59/h9,12-19,21,25,34-36,43H,1-4,6-8,10,20,22-24,26-33H2,(H,51,57)(H,52,58,59)/b21-14+. The average Bonchev–Trinajstić information content (AvgIpc) is 3.54. The zero-order valence-electron chi connectivity index (χ0n) is 35.5. The van der Waals surface area contributed by atoms with E-state index in [1.165, 1.54) is 0 Å². The summed E-state index contributed by atoms with van der Waals surface area (Å²) in [6.07, 6.45) is 17.2. The Kier molecular flexibility index (Phi) is 15.3. The maximum absolute atomic E-state index is 13.3. The molecule has 3 fully saturated rings. The molecule has 5 heterocycles. The summed E-state index contributed by atoms with van der Waals surface area (Å²) in [5.41, 5.74) is 3.97. The summed E-state index contributed by atoms with van der Waals surface area (Å²) in [6.45, 7) is 7.27. The highest BCUT2D eigenvalue weighted by Crippen LogP contribution is 2.29. The first-order valence-corrected chi connectivity index (χ1v) is 22.3. The molecule has 2 N–H and O–H groups in total. The topological polar surface area (TPSA) is 152 Å². The van der Waals surface area contributed by atoms with Gasteiger partial charge in [-0.3, -0.25) is 48.9 Å². The highest BCUT2D eigenvalue weighted by atomic mass is 16.2. The molecule has 0 aliphatic carbocycles. The van der Waals surface area contributed by atoms with Crippen molar-refractivity contribution in [2.24, 2.45) is 5.92 Å². The van der Waals surface area contributed by atoms with Crippen LogP contribution in [-0.4, -0.2) is 114 Å². The van der Waals surface area contributed by atoms with Crippen LogP contribution in [0.2, 0.25) is 0 Å². The summed E-state index contributed by atoms with van der Waals surface area (Å²) < 4.78 is 0. The molecule has 1 aromatic heterocycles. The Morgan fingerprint density at radius 3 is 2.35 bits per heavy atom. The fourth-order valence-electron chi connectivity index (χ4n) is 8.74. The zero-order valence-corrected chi connectivity index (χ0v) is 35.5. The summed E-state index contributed by atoms with van der Waals surface area (Å²) >= 11 is 0. The first-order chi connectivity index (χ1) is 30.2. The highest BCUT2D eigenvalue weighted by Gasteiger charge is 2.44. The van der Waals surface area contributed by atoms with E-state index in [4.69, 9.17) is 0 Å². The number of hydrogen-bond acceptors (Lipinski definition) is 9. The molecule has 1 unspecified atom stereocenters. The molecule has 0 spiro atoms. The molecule has 6 amide bonds. The lowest BCUT2D eigenvalue weighted by Crippen LogP contribution is -2.54. The number of rotatable bonds is 16. The van der Waals surface area contributed by atoms with Gasteiger partial charge in [0.2, 0.25) is 17.7 Å². The second-order valence-electron chi connectivity index (χ2n) is 16.7. The molecule has 13 nitrogen and oxygen atoms in total. The Hall–Kier alpha value is -6.13. The number of carbonyl (C=O) groups excluding carboxylic acids is 6. The molecule has 2 aromatic carbocycles. The van der Waals surface area contributed by atoms with Crippen molar-refractivity contribution in [1.29, 1.82) is 0 Å². The van der Waals surface area contributed by atoms with Gasteiger partial charge in [0.05, 0.1) is 11.1 Å². The summed E-state index contributed by atoms with van der Waals surface area (Å²) in [6, 6.07) is 15.9. The number of piperazine rings is 1. The lowest BCUT2D eigenvalue weighted by atomic mass is 9.91. The molecule has 62 heavy (non-hydrogen) atoms. The van der Waals surface area contributed by atoms with Crippen LogP contribution in [0.5, 0.6) is 0 Å². The number of nitrogens with zero attached hydrogens (tertiary/aromatic N) is 5. The monoisotopic (exact) mass is 839 g/mol. The van der Waals surface area contributed by atoms with Crippen molar-refractivity contribution in [1.82, 2.24) is 30.3 Å². The molecule has 1 atom stereocenters. The van der Waals surface area contributed by atoms with Crippen molar-refractivity contribution in [2.45, 2.75) is 83.1 Å². The van der Waals surface area contributed by atoms with Gasteiger partial charge in [0, 0.05) is 93.9 Å². The largest absolute Gasteiger partial charge is 0.369 e. The normalized spacial score (nSPS) is 18.5. The van der Waals surface area contributed by atoms with Crippen LogP contribution < -0.4 is 15.5 Å². The number of pyridine rings is 1. The zero-order chi connectivity index (χ0) is 43.3. The lowest BCUT2D eigenvalue weighted by molar-refractivity contribution is -0.136. The number of aromatic nitrogens is 1. The van der Waals surface area contributed by atoms with Crippen LogP contribution in [0.3, 0.4) is 0 Å². The van der Waals surface area contributed by atoms with E-state index in [-0.39, 0.29) is 35.8 Å². The van der Waals surface area contributed by atoms with E-state index in [2.05, 4.69) is 49.4 Å². The SMILES string of the molecule is O=C(/C=C/c1cccnc1)NCCCCC1CCN(C(=O)c2ccc(N3CCN(CCCCCCC#Cc4ccc5c(c4)C(=O)N(C4CCC(=O)NC4=O)C5=O)CC3)cc2)CC1. The smallest absolute Gasteiger partial charge is 0.262 e. The molecule has 13 heteroatoms. The number of likely N-dealkylation sites (tertiary alicyclic amines) is 1. The Labute approximate surface area is 364 Å². The number of piperidine rings is 2. The van der Waals surface area contributed by atoms with Crippen LogP contribution in [0.4, 0.5) is 5.69 Å². The van der Waals surface area contributed by atoms with Gasteiger partial charge in [0.15, 0.2) is 0 Å². The van der Waals surface area contributed by atoms with Gasteiger partial charge in [-0.25, -0.2) is 0 Å². The Bertz CT molecular complexity index is 2180. The second kappa shape index (κ2) is 21.6. The molecule has 3 saturated heterocycles. The van der Waals surface area contributed by atoms with Gasteiger partial charge in [0.25, 0.3) is 17.7 Å². The number of carbonyl (C=O) groups is 6. The average molecular weight is 840 g/mol. The number of benzene rings is 2. The number of amides is 6. The minimum absolute atomic E-state index is 0.0868. The Morgan fingerprint density at radius 2 is 1.60 bits per heavy atom. The van der Waals surface area contributed by atoms with Crippen molar-refractivity contribution in [2.75, 3.05) is 57.3 Å². The highest BCUT2D eigenvalue weighted by molar-refractivity contribution is 6.23. The van der Waals surface area contributed by atoms with Gasteiger partial charge in [-0.15, -0.1) is 0 Å². The van der Waals surface area contributed by atoms with Gasteiger partial charge in [0.1, 0.15) is 6.04 Å². The molecule has 4 aliphatic heterocycles. The minimum Gasteiger partial charge on any atom is -0.369 e. The van der Waals surface area contributed by atoms with Crippen molar-refractivity contribution in [3.63, 3.8) is 0 Å². The molecule has 4 aliphatic rings. The van der Waals surface area contributed by atoms with Crippen LogP contribution in [0.25, 0.3) is 6.08 Å². The molecular weight excluding hydrogens is 783 g/mol. The van der Waals surface area contributed by atoms with E-state index in [0.29, 0.717) is 18.0 Å². The van der Waals surface area contributed by atoms with E-state index < -0.39 is 29.7 Å². The number of anilines is 1. The number of fused-ring (bicyclic) bond motifs is 1.